The van der Waals surface area contributed by atoms with E-state index in [0.717, 1.165) is 6.07 Å². The number of anilines is 3. The Kier molecular flexibility index (Phi) is 6.14. The standard InChI is InChI=1S/C16H18ClF3N4O2/c1-8(2)12(7-25)22-15-23-13(16(18,19)20)6-14(24-15)21-11-4-3-9(26)5-10(11)17/h3-6,8,12,25-26H,7H2,1-2H3,(H2,21,22,23,24)/t12-/m0/s1. The SMILES string of the molecule is CC(C)[C@H](CO)Nc1nc(Nc2ccc(O)cc2Cl)cc(C(F)(F)F)n1. The molecule has 1 aromatic carbocycles. The molecule has 0 fully saturated rings. The van der Waals surface area contributed by atoms with Gasteiger partial charge in [0.05, 0.1) is 23.4 Å². The van der Waals surface area contributed by atoms with E-state index in [0.29, 0.717) is 0 Å². The molecular weight excluding hydrogens is 373 g/mol. The predicted octanol–water partition coefficient (Wildman–Crippen LogP) is 4.03. The third-order valence-corrected chi connectivity index (χ3v) is 3.86. The molecule has 0 amide bonds. The molecule has 2 rings (SSSR count). The van der Waals surface area contributed by atoms with Gasteiger partial charge in [-0.1, -0.05) is 25.4 Å². The third-order valence-electron chi connectivity index (χ3n) is 3.55. The van der Waals surface area contributed by atoms with Crippen molar-refractivity contribution < 1.29 is 23.4 Å². The first-order valence-electron chi connectivity index (χ1n) is 7.69. The van der Waals surface area contributed by atoms with Crippen molar-refractivity contribution in [3.63, 3.8) is 0 Å². The van der Waals surface area contributed by atoms with Gasteiger partial charge in [-0.05, 0) is 18.1 Å². The minimum Gasteiger partial charge on any atom is -0.508 e. The number of phenols is 1. The maximum Gasteiger partial charge on any atom is 0.433 e. The molecular formula is C16H18ClF3N4O2. The van der Waals surface area contributed by atoms with Crippen molar-refractivity contribution in [2.75, 3.05) is 17.2 Å². The van der Waals surface area contributed by atoms with Crippen LogP contribution in [0.15, 0.2) is 24.3 Å². The third kappa shape index (κ3) is 5.12. The summed E-state index contributed by atoms with van der Waals surface area (Å²) in [6, 6.07) is 4.22. The molecule has 0 saturated heterocycles. The van der Waals surface area contributed by atoms with Gasteiger partial charge < -0.3 is 20.8 Å². The van der Waals surface area contributed by atoms with Crippen LogP contribution in [0.3, 0.4) is 0 Å². The molecule has 142 valence electrons. The maximum absolute atomic E-state index is 13.1. The van der Waals surface area contributed by atoms with Crippen LogP contribution in [0.1, 0.15) is 19.5 Å². The molecule has 1 heterocycles. The van der Waals surface area contributed by atoms with Crippen molar-refractivity contribution in [3.05, 3.63) is 35.0 Å². The molecule has 0 bridgehead atoms. The number of halogens is 4. The lowest BCUT2D eigenvalue weighted by Crippen LogP contribution is -2.30. The number of nitrogens with one attached hydrogen (secondary N) is 2. The monoisotopic (exact) mass is 390 g/mol. The Labute approximate surface area is 153 Å². The summed E-state index contributed by atoms with van der Waals surface area (Å²) < 4.78 is 39.4. The number of aromatic nitrogens is 2. The summed E-state index contributed by atoms with van der Waals surface area (Å²) in [5.74, 6) is -0.543. The van der Waals surface area contributed by atoms with Crippen LogP contribution in [0, 0.1) is 5.92 Å². The molecule has 4 N–H and O–H groups in total. The van der Waals surface area contributed by atoms with E-state index in [-0.39, 0.29) is 40.8 Å². The van der Waals surface area contributed by atoms with Gasteiger partial charge in [-0.3, -0.25) is 0 Å². The first kappa shape index (κ1) is 20.1. The quantitative estimate of drug-likeness (QED) is 0.557. The van der Waals surface area contributed by atoms with E-state index in [2.05, 4.69) is 20.6 Å². The van der Waals surface area contributed by atoms with Gasteiger partial charge in [0.25, 0.3) is 0 Å². The van der Waals surface area contributed by atoms with Gasteiger partial charge >= 0.3 is 6.18 Å². The van der Waals surface area contributed by atoms with Gasteiger partial charge in [0, 0.05) is 12.1 Å². The zero-order valence-corrected chi connectivity index (χ0v) is 14.7. The molecule has 0 aliphatic carbocycles. The van der Waals surface area contributed by atoms with Gasteiger partial charge in [-0.2, -0.15) is 18.2 Å². The Hall–Kier alpha value is -2.26. The number of hydrogen-bond acceptors (Lipinski definition) is 6. The molecule has 2 aromatic rings. The highest BCUT2D eigenvalue weighted by atomic mass is 35.5. The van der Waals surface area contributed by atoms with E-state index in [1.54, 1.807) is 13.8 Å². The molecule has 26 heavy (non-hydrogen) atoms. The van der Waals surface area contributed by atoms with Crippen molar-refractivity contribution in [1.29, 1.82) is 0 Å². The van der Waals surface area contributed by atoms with Gasteiger partial charge in [-0.15, -0.1) is 0 Å². The largest absolute Gasteiger partial charge is 0.508 e. The van der Waals surface area contributed by atoms with Crippen molar-refractivity contribution in [2.24, 2.45) is 5.92 Å². The highest BCUT2D eigenvalue weighted by Gasteiger charge is 2.34. The van der Waals surface area contributed by atoms with Crippen molar-refractivity contribution in [2.45, 2.75) is 26.1 Å². The molecule has 0 unspecified atom stereocenters. The fourth-order valence-electron chi connectivity index (χ4n) is 2.05. The highest BCUT2D eigenvalue weighted by molar-refractivity contribution is 6.33. The summed E-state index contributed by atoms with van der Waals surface area (Å²) in [6.07, 6.45) is -4.68. The van der Waals surface area contributed by atoms with Crippen molar-refractivity contribution >= 4 is 29.1 Å². The van der Waals surface area contributed by atoms with E-state index < -0.39 is 17.9 Å². The Morgan fingerprint density at radius 3 is 2.42 bits per heavy atom. The fourth-order valence-corrected chi connectivity index (χ4v) is 2.28. The molecule has 0 radical (unpaired) electrons. The topological polar surface area (TPSA) is 90.3 Å². The second kappa shape index (κ2) is 7.96. The fraction of sp³-hybridized carbons (Fsp3) is 0.375. The van der Waals surface area contributed by atoms with E-state index in [4.69, 9.17) is 11.6 Å². The smallest absolute Gasteiger partial charge is 0.433 e. The first-order valence-corrected chi connectivity index (χ1v) is 8.07. The summed E-state index contributed by atoms with van der Waals surface area (Å²) in [5.41, 5.74) is -0.877. The second-order valence-electron chi connectivity index (χ2n) is 5.93. The molecule has 0 aliphatic rings. The average molecular weight is 391 g/mol. The van der Waals surface area contributed by atoms with Gasteiger partial charge in [-0.25, -0.2) is 4.98 Å². The Morgan fingerprint density at radius 2 is 1.88 bits per heavy atom. The van der Waals surface area contributed by atoms with Crippen LogP contribution < -0.4 is 10.6 Å². The summed E-state index contributed by atoms with van der Waals surface area (Å²) in [6.45, 7) is 3.32. The van der Waals surface area contributed by atoms with Crippen LogP contribution in [0.5, 0.6) is 5.75 Å². The van der Waals surface area contributed by atoms with Crippen LogP contribution in [-0.2, 0) is 6.18 Å². The number of aliphatic hydroxyl groups is 1. The van der Waals surface area contributed by atoms with E-state index in [1.165, 1.54) is 18.2 Å². The number of rotatable bonds is 6. The lowest BCUT2D eigenvalue weighted by molar-refractivity contribution is -0.141. The van der Waals surface area contributed by atoms with Crippen LogP contribution in [0.2, 0.25) is 5.02 Å². The average Bonchev–Trinajstić information content (AvgIpc) is 2.54. The van der Waals surface area contributed by atoms with Crippen LogP contribution in [0.25, 0.3) is 0 Å². The number of alkyl halides is 3. The Balaban J connectivity index is 2.39. The minimum absolute atomic E-state index is 0.0545. The van der Waals surface area contributed by atoms with Crippen molar-refractivity contribution in [1.82, 2.24) is 9.97 Å². The minimum atomic E-state index is -4.68. The second-order valence-corrected chi connectivity index (χ2v) is 6.33. The molecule has 6 nitrogen and oxygen atoms in total. The maximum atomic E-state index is 13.1. The summed E-state index contributed by atoms with van der Waals surface area (Å²) >= 11 is 5.96. The first-order chi connectivity index (χ1) is 12.1. The van der Waals surface area contributed by atoms with Gasteiger partial charge in [0.1, 0.15) is 11.6 Å². The molecule has 1 aromatic heterocycles. The molecule has 1 atom stereocenters. The number of hydrogen-bond donors (Lipinski definition) is 4. The number of aliphatic hydroxyl groups excluding tert-OH is 1. The number of phenolic OH excluding ortho intramolecular Hbond substituents is 1. The van der Waals surface area contributed by atoms with E-state index >= 15 is 0 Å². The summed E-state index contributed by atoms with van der Waals surface area (Å²) in [4.78, 5) is 7.49. The van der Waals surface area contributed by atoms with Crippen LogP contribution in [-0.4, -0.2) is 32.8 Å². The molecule has 10 heteroatoms. The summed E-state index contributed by atoms with van der Waals surface area (Å²) in [7, 11) is 0. The van der Waals surface area contributed by atoms with E-state index in [1.807, 2.05) is 0 Å². The normalized spacial score (nSPS) is 12.9. The Bertz CT molecular complexity index is 772. The highest BCUT2D eigenvalue weighted by Crippen LogP contribution is 2.32. The molecule has 0 aliphatic heterocycles. The van der Waals surface area contributed by atoms with Crippen molar-refractivity contribution in [3.8, 4) is 5.75 Å². The van der Waals surface area contributed by atoms with Gasteiger partial charge in [0.2, 0.25) is 5.95 Å². The number of aromatic hydroxyl groups is 1. The van der Waals surface area contributed by atoms with Crippen LogP contribution >= 0.6 is 11.6 Å². The summed E-state index contributed by atoms with van der Waals surface area (Å²) in [5, 5.41) is 24.2. The Morgan fingerprint density at radius 1 is 1.19 bits per heavy atom. The van der Waals surface area contributed by atoms with Crippen LogP contribution in [0.4, 0.5) is 30.6 Å². The lowest BCUT2D eigenvalue weighted by atomic mass is 10.1. The predicted molar refractivity (Wildman–Crippen MR) is 92.8 cm³/mol. The van der Waals surface area contributed by atoms with E-state index in [9.17, 15) is 23.4 Å². The number of nitrogens with zero attached hydrogens (tertiary/aromatic N) is 2. The number of benzene rings is 1. The lowest BCUT2D eigenvalue weighted by Gasteiger charge is -2.21. The zero-order valence-electron chi connectivity index (χ0n) is 14.0. The molecule has 0 spiro atoms. The molecule has 0 saturated carbocycles. The zero-order chi connectivity index (χ0) is 19.5. The van der Waals surface area contributed by atoms with Gasteiger partial charge in [0.15, 0.2) is 5.69 Å².